The number of benzene rings is 2. The normalized spacial score (nSPS) is 10.4. The highest BCUT2D eigenvalue weighted by atomic mass is 19.1. The number of nitrogens with zero attached hydrogens (tertiary/aromatic N) is 2. The van der Waals surface area contributed by atoms with E-state index in [9.17, 15) is 4.39 Å². The van der Waals surface area contributed by atoms with Crippen LogP contribution in [0.1, 0.15) is 5.56 Å². The zero-order valence-electron chi connectivity index (χ0n) is 9.31. The number of rotatable bonds is 1. The van der Waals surface area contributed by atoms with E-state index >= 15 is 0 Å². The first-order valence-electron chi connectivity index (χ1n) is 5.43. The molecule has 1 heterocycles. The van der Waals surface area contributed by atoms with Gasteiger partial charge in [0.05, 0.1) is 28.2 Å². The van der Waals surface area contributed by atoms with Crippen molar-refractivity contribution < 1.29 is 4.39 Å². The van der Waals surface area contributed by atoms with Gasteiger partial charge in [-0.2, -0.15) is 5.26 Å². The highest BCUT2D eigenvalue weighted by molar-refractivity contribution is 5.80. The predicted molar refractivity (Wildman–Crippen MR) is 66.2 cm³/mol. The molecule has 1 aromatic heterocycles. The minimum atomic E-state index is -0.322. The monoisotopic (exact) mass is 237 g/mol. The second-order valence-corrected chi connectivity index (χ2v) is 3.91. The largest absolute Gasteiger partial charge is 0.338 e. The average molecular weight is 237 g/mol. The van der Waals surface area contributed by atoms with Gasteiger partial charge in [-0.3, -0.25) is 0 Å². The summed E-state index contributed by atoms with van der Waals surface area (Å²) in [5, 5.41) is 8.82. The van der Waals surface area contributed by atoms with Gasteiger partial charge in [-0.1, -0.05) is 12.1 Å². The zero-order valence-corrected chi connectivity index (χ0v) is 9.31. The van der Waals surface area contributed by atoms with Gasteiger partial charge >= 0.3 is 0 Å². The molecule has 18 heavy (non-hydrogen) atoms. The van der Waals surface area contributed by atoms with Gasteiger partial charge in [0.2, 0.25) is 0 Å². The molecule has 1 N–H and O–H groups in total. The number of aromatic nitrogens is 2. The molecule has 3 rings (SSSR count). The molecule has 3 nitrogen and oxygen atoms in total. The minimum Gasteiger partial charge on any atom is -0.338 e. The first-order valence-corrected chi connectivity index (χ1v) is 5.43. The maximum absolute atomic E-state index is 13.6. The molecule has 4 heteroatoms. The van der Waals surface area contributed by atoms with E-state index in [0.717, 1.165) is 5.52 Å². The van der Waals surface area contributed by atoms with Crippen molar-refractivity contribution >= 4 is 11.0 Å². The number of hydrogen-bond acceptors (Lipinski definition) is 2. The Hall–Kier alpha value is -2.67. The van der Waals surface area contributed by atoms with Crippen LogP contribution in [-0.2, 0) is 0 Å². The number of fused-ring (bicyclic) bond motifs is 1. The molecule has 2 aromatic carbocycles. The summed E-state index contributed by atoms with van der Waals surface area (Å²) in [6.07, 6.45) is 0. The molecule has 0 amide bonds. The van der Waals surface area contributed by atoms with Crippen molar-refractivity contribution in [2.45, 2.75) is 0 Å². The van der Waals surface area contributed by atoms with Gasteiger partial charge < -0.3 is 4.98 Å². The minimum absolute atomic E-state index is 0.322. The molecule has 0 aliphatic rings. The van der Waals surface area contributed by atoms with Gasteiger partial charge in [0, 0.05) is 0 Å². The Bertz CT molecular complexity index is 768. The Morgan fingerprint density at radius 1 is 1.17 bits per heavy atom. The summed E-state index contributed by atoms with van der Waals surface area (Å²) in [6.45, 7) is 0. The highest BCUT2D eigenvalue weighted by Crippen LogP contribution is 2.23. The second-order valence-electron chi connectivity index (χ2n) is 3.91. The number of halogens is 1. The van der Waals surface area contributed by atoms with Gasteiger partial charge in [0.15, 0.2) is 0 Å². The summed E-state index contributed by atoms with van der Waals surface area (Å²) in [5.74, 6) is 0.148. The fourth-order valence-electron chi connectivity index (χ4n) is 1.86. The fourth-order valence-corrected chi connectivity index (χ4v) is 1.86. The Balaban J connectivity index is 2.20. The Labute approximate surface area is 103 Å². The quantitative estimate of drug-likeness (QED) is 0.706. The molecule has 0 unspecified atom stereocenters. The van der Waals surface area contributed by atoms with E-state index in [1.54, 1.807) is 36.4 Å². The molecular weight excluding hydrogens is 229 g/mol. The van der Waals surface area contributed by atoms with Crippen LogP contribution in [0.5, 0.6) is 0 Å². The molecule has 0 aliphatic carbocycles. The lowest BCUT2D eigenvalue weighted by Gasteiger charge is -1.96. The van der Waals surface area contributed by atoms with Crippen LogP contribution < -0.4 is 0 Å². The number of H-pyrrole nitrogens is 1. The maximum atomic E-state index is 13.6. The Morgan fingerprint density at radius 2 is 2.00 bits per heavy atom. The SMILES string of the molecule is N#Cc1ccc2nc(-c3ccccc3F)[nH]c2c1. The van der Waals surface area contributed by atoms with Gasteiger partial charge in [0.1, 0.15) is 11.6 Å². The molecular formula is C14H8FN3. The molecule has 0 fully saturated rings. The summed E-state index contributed by atoms with van der Waals surface area (Å²) in [6, 6.07) is 13.6. The fraction of sp³-hybridized carbons (Fsp3) is 0. The van der Waals surface area contributed by atoms with Crippen LogP contribution in [0.3, 0.4) is 0 Å². The molecule has 3 aromatic rings. The molecule has 0 saturated heterocycles. The van der Waals surface area contributed by atoms with E-state index in [1.165, 1.54) is 6.07 Å². The number of nitriles is 1. The summed E-state index contributed by atoms with van der Waals surface area (Å²) in [5.41, 5.74) is 2.41. The van der Waals surface area contributed by atoms with Crippen LogP contribution in [0.2, 0.25) is 0 Å². The van der Waals surface area contributed by atoms with Crippen LogP contribution in [0.25, 0.3) is 22.4 Å². The van der Waals surface area contributed by atoms with Gasteiger partial charge in [-0.25, -0.2) is 9.37 Å². The number of nitrogens with one attached hydrogen (secondary N) is 1. The number of hydrogen-bond donors (Lipinski definition) is 1. The lowest BCUT2D eigenvalue weighted by molar-refractivity contribution is 0.630. The van der Waals surface area contributed by atoms with Crippen molar-refractivity contribution in [3.05, 3.63) is 53.8 Å². The molecule has 0 bridgehead atoms. The van der Waals surface area contributed by atoms with E-state index in [2.05, 4.69) is 16.0 Å². The van der Waals surface area contributed by atoms with Crippen molar-refractivity contribution in [1.29, 1.82) is 5.26 Å². The third-order valence-corrected chi connectivity index (χ3v) is 2.74. The van der Waals surface area contributed by atoms with Crippen LogP contribution in [0, 0.1) is 17.1 Å². The third kappa shape index (κ3) is 1.62. The topological polar surface area (TPSA) is 52.5 Å². The van der Waals surface area contributed by atoms with E-state index in [1.807, 2.05) is 0 Å². The smallest absolute Gasteiger partial charge is 0.141 e. The van der Waals surface area contributed by atoms with Crippen molar-refractivity contribution in [2.75, 3.05) is 0 Å². The Kier molecular flexibility index (Phi) is 2.31. The molecule has 0 saturated carbocycles. The van der Waals surface area contributed by atoms with Gasteiger partial charge in [-0.05, 0) is 30.3 Å². The highest BCUT2D eigenvalue weighted by Gasteiger charge is 2.09. The van der Waals surface area contributed by atoms with Crippen molar-refractivity contribution in [3.8, 4) is 17.5 Å². The van der Waals surface area contributed by atoms with Crippen molar-refractivity contribution in [1.82, 2.24) is 9.97 Å². The number of imidazole rings is 1. The molecule has 0 radical (unpaired) electrons. The molecule has 86 valence electrons. The van der Waals surface area contributed by atoms with Gasteiger partial charge in [-0.15, -0.1) is 0 Å². The van der Waals surface area contributed by atoms with E-state index < -0.39 is 0 Å². The summed E-state index contributed by atoms with van der Waals surface area (Å²) >= 11 is 0. The summed E-state index contributed by atoms with van der Waals surface area (Å²) in [4.78, 5) is 7.34. The second kappa shape index (κ2) is 3.97. The zero-order chi connectivity index (χ0) is 12.5. The van der Waals surface area contributed by atoms with E-state index in [0.29, 0.717) is 22.5 Å². The van der Waals surface area contributed by atoms with Crippen LogP contribution >= 0.6 is 0 Å². The summed E-state index contributed by atoms with van der Waals surface area (Å²) in [7, 11) is 0. The lowest BCUT2D eigenvalue weighted by atomic mass is 10.2. The maximum Gasteiger partial charge on any atom is 0.141 e. The van der Waals surface area contributed by atoms with E-state index in [-0.39, 0.29) is 5.82 Å². The lowest BCUT2D eigenvalue weighted by Crippen LogP contribution is -1.84. The first kappa shape index (κ1) is 10.5. The van der Waals surface area contributed by atoms with Crippen LogP contribution in [0.4, 0.5) is 4.39 Å². The third-order valence-electron chi connectivity index (χ3n) is 2.74. The van der Waals surface area contributed by atoms with Crippen LogP contribution in [-0.4, -0.2) is 9.97 Å². The molecule has 0 spiro atoms. The molecule has 0 aliphatic heterocycles. The number of aromatic amines is 1. The van der Waals surface area contributed by atoms with Gasteiger partial charge in [0.25, 0.3) is 0 Å². The Morgan fingerprint density at radius 3 is 2.78 bits per heavy atom. The standard InChI is InChI=1S/C14H8FN3/c15-11-4-2-1-3-10(11)14-17-12-6-5-9(8-16)7-13(12)18-14/h1-7H,(H,17,18). The van der Waals surface area contributed by atoms with E-state index in [4.69, 9.17) is 5.26 Å². The first-order chi connectivity index (χ1) is 8.78. The van der Waals surface area contributed by atoms with Crippen LogP contribution in [0.15, 0.2) is 42.5 Å². The predicted octanol–water partition coefficient (Wildman–Crippen LogP) is 3.24. The van der Waals surface area contributed by atoms with Crippen molar-refractivity contribution in [3.63, 3.8) is 0 Å². The molecule has 0 atom stereocenters. The summed E-state index contributed by atoms with van der Waals surface area (Å²) < 4.78 is 13.6. The van der Waals surface area contributed by atoms with Crippen molar-refractivity contribution in [2.24, 2.45) is 0 Å². The average Bonchev–Trinajstić information content (AvgIpc) is 2.81.